The Balaban J connectivity index is 1.08. The number of piperazine rings is 1. The van der Waals surface area contributed by atoms with Gasteiger partial charge in [0, 0.05) is 57.4 Å². The number of piperidine rings is 1. The number of nitrogens with one attached hydrogen (secondary N) is 2. The van der Waals surface area contributed by atoms with Crippen LogP contribution in [0.1, 0.15) is 12.8 Å². The molecule has 1 unspecified atom stereocenters. The third kappa shape index (κ3) is 5.13. The standard InChI is InChI=1S/C25H30ClFN6O/c26-19-7-8-21-22(16-19)30-25(29-21)33-10-3-4-18(17-33)24(34)28-9-11-31-12-14-32(15-13-31)23-6-2-1-5-20(23)27/h1-2,5-8,16,18H,3-4,9-15,17H2,(H,28,34)(H,29,30). The van der Waals surface area contributed by atoms with Crippen LogP contribution >= 0.6 is 11.6 Å². The molecule has 1 aromatic heterocycles. The molecular formula is C25H30ClFN6O. The zero-order valence-corrected chi connectivity index (χ0v) is 19.9. The first-order valence-corrected chi connectivity index (χ1v) is 12.3. The zero-order valence-electron chi connectivity index (χ0n) is 19.1. The maximum atomic E-state index is 14.0. The summed E-state index contributed by atoms with van der Waals surface area (Å²) in [5.41, 5.74) is 2.45. The van der Waals surface area contributed by atoms with E-state index in [0.717, 1.165) is 69.1 Å². The number of carbonyl (C=O) groups excluding carboxylic acids is 1. The number of carbonyl (C=O) groups is 1. The van der Waals surface area contributed by atoms with E-state index in [1.54, 1.807) is 6.07 Å². The Kier molecular flexibility index (Phi) is 6.87. The number of hydrogen-bond donors (Lipinski definition) is 2. The molecule has 0 radical (unpaired) electrons. The van der Waals surface area contributed by atoms with Gasteiger partial charge < -0.3 is 20.1 Å². The molecule has 0 bridgehead atoms. The molecule has 2 aliphatic rings. The lowest BCUT2D eigenvalue weighted by molar-refractivity contribution is -0.125. The van der Waals surface area contributed by atoms with Gasteiger partial charge in [-0.1, -0.05) is 23.7 Å². The number of hydrogen-bond acceptors (Lipinski definition) is 5. The maximum Gasteiger partial charge on any atom is 0.224 e. The summed E-state index contributed by atoms with van der Waals surface area (Å²) in [5.74, 6) is 0.677. The zero-order chi connectivity index (χ0) is 23.5. The fraction of sp³-hybridized carbons (Fsp3) is 0.440. The highest BCUT2D eigenvalue weighted by atomic mass is 35.5. The summed E-state index contributed by atoms with van der Waals surface area (Å²) in [6.45, 7) is 6.25. The molecule has 9 heteroatoms. The predicted molar refractivity (Wildman–Crippen MR) is 134 cm³/mol. The van der Waals surface area contributed by atoms with E-state index in [1.165, 1.54) is 6.07 Å². The van der Waals surface area contributed by atoms with Crippen LogP contribution in [0.15, 0.2) is 42.5 Å². The van der Waals surface area contributed by atoms with Crippen LogP contribution in [0.5, 0.6) is 0 Å². The van der Waals surface area contributed by atoms with Crippen molar-refractivity contribution in [3.63, 3.8) is 0 Å². The van der Waals surface area contributed by atoms with Crippen LogP contribution in [0, 0.1) is 11.7 Å². The number of amides is 1. The molecule has 180 valence electrons. The molecule has 0 saturated carbocycles. The average molecular weight is 485 g/mol. The lowest BCUT2D eigenvalue weighted by Gasteiger charge is -2.36. The first-order valence-electron chi connectivity index (χ1n) is 12.0. The summed E-state index contributed by atoms with van der Waals surface area (Å²) >= 11 is 6.09. The third-order valence-electron chi connectivity index (χ3n) is 6.82. The van der Waals surface area contributed by atoms with Gasteiger partial charge in [-0.25, -0.2) is 9.37 Å². The van der Waals surface area contributed by atoms with E-state index in [9.17, 15) is 9.18 Å². The van der Waals surface area contributed by atoms with Gasteiger partial charge in [-0.3, -0.25) is 9.69 Å². The largest absolute Gasteiger partial charge is 0.367 e. The van der Waals surface area contributed by atoms with Gasteiger partial charge in [0.15, 0.2) is 0 Å². The number of benzene rings is 2. The first-order chi connectivity index (χ1) is 16.6. The van der Waals surface area contributed by atoms with Crippen LogP contribution in [0.25, 0.3) is 11.0 Å². The van der Waals surface area contributed by atoms with Crippen LogP contribution in [0.2, 0.25) is 5.02 Å². The number of halogens is 2. The van der Waals surface area contributed by atoms with Gasteiger partial charge in [-0.2, -0.15) is 0 Å². The molecule has 0 spiro atoms. The smallest absolute Gasteiger partial charge is 0.224 e. The Labute approximate surface area is 203 Å². The monoisotopic (exact) mass is 484 g/mol. The SMILES string of the molecule is O=C(NCCN1CCN(c2ccccc2F)CC1)C1CCCN(c2nc3ccc(Cl)cc3[nH]2)C1. The third-order valence-corrected chi connectivity index (χ3v) is 7.05. The predicted octanol–water partition coefficient (Wildman–Crippen LogP) is 3.51. The quantitative estimate of drug-likeness (QED) is 0.560. The number of anilines is 2. The summed E-state index contributed by atoms with van der Waals surface area (Å²) in [5, 5.41) is 3.80. The minimum absolute atomic E-state index is 0.0524. The second kappa shape index (κ2) is 10.2. The number of aromatic nitrogens is 2. The molecule has 2 fully saturated rings. The fourth-order valence-corrected chi connectivity index (χ4v) is 5.08. The molecule has 2 aromatic carbocycles. The number of para-hydroxylation sites is 1. The van der Waals surface area contributed by atoms with Gasteiger partial charge in [0.1, 0.15) is 5.82 Å². The van der Waals surface area contributed by atoms with Crippen molar-refractivity contribution in [2.24, 2.45) is 5.92 Å². The van der Waals surface area contributed by atoms with Gasteiger partial charge >= 0.3 is 0 Å². The van der Waals surface area contributed by atoms with Crippen LogP contribution in [-0.2, 0) is 4.79 Å². The van der Waals surface area contributed by atoms with Crippen LogP contribution in [-0.4, -0.2) is 73.1 Å². The number of H-pyrrole nitrogens is 1. The Hall–Kier alpha value is -2.84. The highest BCUT2D eigenvalue weighted by molar-refractivity contribution is 6.31. The molecule has 5 rings (SSSR count). The van der Waals surface area contributed by atoms with E-state index in [2.05, 4.69) is 30.0 Å². The summed E-state index contributed by atoms with van der Waals surface area (Å²) in [6, 6.07) is 12.5. The van der Waals surface area contributed by atoms with E-state index in [1.807, 2.05) is 30.3 Å². The van der Waals surface area contributed by atoms with E-state index >= 15 is 0 Å². The number of aromatic amines is 1. The number of imidazole rings is 1. The molecule has 34 heavy (non-hydrogen) atoms. The molecule has 2 N–H and O–H groups in total. The summed E-state index contributed by atoms with van der Waals surface area (Å²) in [6.07, 6.45) is 1.84. The lowest BCUT2D eigenvalue weighted by atomic mass is 9.97. The van der Waals surface area contributed by atoms with Gasteiger partial charge in [0.2, 0.25) is 11.9 Å². The molecule has 2 saturated heterocycles. The average Bonchev–Trinajstić information content (AvgIpc) is 3.28. The second-order valence-electron chi connectivity index (χ2n) is 9.08. The Morgan fingerprint density at radius 3 is 2.76 bits per heavy atom. The van der Waals surface area contributed by atoms with Crippen molar-refractivity contribution in [3.8, 4) is 0 Å². The van der Waals surface area contributed by atoms with Crippen molar-refractivity contribution < 1.29 is 9.18 Å². The number of nitrogens with zero attached hydrogens (tertiary/aromatic N) is 4. The van der Waals surface area contributed by atoms with Crippen LogP contribution in [0.4, 0.5) is 16.0 Å². The topological polar surface area (TPSA) is 67.5 Å². The van der Waals surface area contributed by atoms with E-state index in [-0.39, 0.29) is 17.6 Å². The van der Waals surface area contributed by atoms with E-state index in [4.69, 9.17) is 11.6 Å². The van der Waals surface area contributed by atoms with Crippen molar-refractivity contribution in [1.29, 1.82) is 0 Å². The highest BCUT2D eigenvalue weighted by Crippen LogP contribution is 2.25. The lowest BCUT2D eigenvalue weighted by Crippen LogP contribution is -2.49. The van der Waals surface area contributed by atoms with Gasteiger partial charge in [-0.15, -0.1) is 0 Å². The number of rotatable bonds is 6. The van der Waals surface area contributed by atoms with Crippen molar-refractivity contribution in [3.05, 3.63) is 53.3 Å². The summed E-state index contributed by atoms with van der Waals surface area (Å²) in [7, 11) is 0. The highest BCUT2D eigenvalue weighted by Gasteiger charge is 2.27. The van der Waals surface area contributed by atoms with Gasteiger partial charge in [0.25, 0.3) is 0 Å². The number of fused-ring (bicyclic) bond motifs is 1. The Morgan fingerprint density at radius 1 is 1.12 bits per heavy atom. The normalized spacial score (nSPS) is 19.5. The molecule has 3 aromatic rings. The van der Waals surface area contributed by atoms with Crippen molar-refractivity contribution >= 4 is 40.2 Å². The van der Waals surface area contributed by atoms with Crippen molar-refractivity contribution in [2.45, 2.75) is 12.8 Å². The Morgan fingerprint density at radius 2 is 1.94 bits per heavy atom. The minimum atomic E-state index is -0.170. The molecule has 7 nitrogen and oxygen atoms in total. The maximum absolute atomic E-state index is 14.0. The van der Waals surface area contributed by atoms with E-state index < -0.39 is 0 Å². The summed E-state index contributed by atoms with van der Waals surface area (Å²) < 4.78 is 14.0. The van der Waals surface area contributed by atoms with Crippen LogP contribution in [0.3, 0.4) is 0 Å². The minimum Gasteiger partial charge on any atom is -0.367 e. The van der Waals surface area contributed by atoms with Gasteiger partial charge in [-0.05, 0) is 43.2 Å². The Bertz CT molecular complexity index is 1150. The van der Waals surface area contributed by atoms with Crippen molar-refractivity contribution in [2.75, 3.05) is 62.2 Å². The fourth-order valence-electron chi connectivity index (χ4n) is 4.90. The molecular weight excluding hydrogens is 455 g/mol. The molecule has 3 heterocycles. The van der Waals surface area contributed by atoms with E-state index in [0.29, 0.717) is 23.8 Å². The molecule has 1 amide bonds. The molecule has 2 aliphatic heterocycles. The summed E-state index contributed by atoms with van der Waals surface area (Å²) in [4.78, 5) is 27.4. The van der Waals surface area contributed by atoms with Crippen LogP contribution < -0.4 is 15.1 Å². The molecule has 0 aliphatic carbocycles. The first kappa shape index (κ1) is 22.9. The molecule has 1 atom stereocenters. The second-order valence-corrected chi connectivity index (χ2v) is 9.51. The van der Waals surface area contributed by atoms with Gasteiger partial charge in [0.05, 0.1) is 22.6 Å². The van der Waals surface area contributed by atoms with Crippen molar-refractivity contribution in [1.82, 2.24) is 20.2 Å².